The zero-order valence-corrected chi connectivity index (χ0v) is 18.3. The minimum absolute atomic E-state index is 0.119. The number of hydrogen-bond donors (Lipinski definition) is 2. The van der Waals surface area contributed by atoms with Gasteiger partial charge in [-0.3, -0.25) is 9.59 Å². The molecule has 0 spiro atoms. The number of nitrogens with one attached hydrogen (secondary N) is 2. The van der Waals surface area contributed by atoms with Crippen LogP contribution in [-0.4, -0.2) is 41.8 Å². The normalized spacial score (nSPS) is 10.6. The molecule has 168 valence electrons. The Morgan fingerprint density at radius 2 is 1.91 bits per heavy atom. The molecule has 1 aromatic heterocycles. The maximum absolute atomic E-state index is 13.2. The molecule has 0 saturated carbocycles. The van der Waals surface area contributed by atoms with Crippen molar-refractivity contribution in [1.82, 2.24) is 15.5 Å². The van der Waals surface area contributed by atoms with Crippen molar-refractivity contribution >= 4 is 28.8 Å². The van der Waals surface area contributed by atoms with Gasteiger partial charge in [-0.2, -0.15) is 0 Å². The van der Waals surface area contributed by atoms with E-state index in [0.29, 0.717) is 41.8 Å². The molecule has 2 amide bonds. The van der Waals surface area contributed by atoms with E-state index in [9.17, 15) is 14.0 Å². The van der Waals surface area contributed by atoms with Gasteiger partial charge in [-0.25, -0.2) is 4.39 Å². The monoisotopic (exact) mass is 458 g/mol. The van der Waals surface area contributed by atoms with Crippen molar-refractivity contribution in [3.8, 4) is 5.75 Å². The third kappa shape index (κ3) is 7.10. The van der Waals surface area contributed by atoms with Crippen molar-refractivity contribution in [3.63, 3.8) is 0 Å². The summed E-state index contributed by atoms with van der Waals surface area (Å²) in [6, 6.07) is 12.3. The summed E-state index contributed by atoms with van der Waals surface area (Å²) in [7, 11) is 0. The molecule has 3 rings (SSSR count). The maximum atomic E-state index is 13.2. The van der Waals surface area contributed by atoms with E-state index in [1.807, 2.05) is 6.92 Å². The standard InChI is InChI=1S/C22H23FN4O4S/c1-2-30-12-4-11-24-20(28)15-7-9-18(10-8-15)31-14-19-26-27-22(32-19)21(29)25-17-6-3-5-16(23)13-17/h3,5-10,13H,2,4,11-12,14H2,1H3,(H,24,28)(H,25,29). The fraction of sp³-hybridized carbons (Fsp3) is 0.273. The van der Waals surface area contributed by atoms with Crippen LogP contribution >= 0.6 is 11.3 Å². The van der Waals surface area contributed by atoms with Crippen LogP contribution in [0.4, 0.5) is 10.1 Å². The Hall–Kier alpha value is -3.37. The van der Waals surface area contributed by atoms with Crippen LogP contribution in [-0.2, 0) is 11.3 Å². The van der Waals surface area contributed by atoms with Crippen LogP contribution in [0.5, 0.6) is 5.75 Å². The number of anilines is 1. The summed E-state index contributed by atoms with van der Waals surface area (Å²) in [6.07, 6.45) is 0.755. The molecule has 10 heteroatoms. The number of hydrogen-bond acceptors (Lipinski definition) is 7. The fourth-order valence-electron chi connectivity index (χ4n) is 2.62. The van der Waals surface area contributed by atoms with E-state index in [1.54, 1.807) is 30.3 Å². The van der Waals surface area contributed by atoms with Crippen LogP contribution in [0.1, 0.15) is 38.5 Å². The Morgan fingerprint density at radius 1 is 1.09 bits per heavy atom. The Kier molecular flexibility index (Phi) is 8.64. The van der Waals surface area contributed by atoms with E-state index in [4.69, 9.17) is 9.47 Å². The average molecular weight is 459 g/mol. The Labute approximate surface area is 188 Å². The van der Waals surface area contributed by atoms with E-state index in [2.05, 4.69) is 20.8 Å². The van der Waals surface area contributed by atoms with Crippen molar-refractivity contribution < 1.29 is 23.5 Å². The van der Waals surface area contributed by atoms with E-state index in [-0.39, 0.29) is 17.5 Å². The second-order valence-electron chi connectivity index (χ2n) is 6.58. The molecule has 0 unspecified atom stereocenters. The van der Waals surface area contributed by atoms with Crippen molar-refractivity contribution in [2.75, 3.05) is 25.1 Å². The van der Waals surface area contributed by atoms with Crippen LogP contribution in [0, 0.1) is 5.82 Å². The highest BCUT2D eigenvalue weighted by molar-refractivity contribution is 7.13. The molecule has 0 bridgehead atoms. The Balaban J connectivity index is 1.46. The summed E-state index contributed by atoms with van der Waals surface area (Å²) >= 11 is 1.08. The lowest BCUT2D eigenvalue weighted by Gasteiger charge is -2.07. The van der Waals surface area contributed by atoms with Crippen molar-refractivity contribution in [3.05, 3.63) is 69.9 Å². The molecular formula is C22H23FN4O4S. The van der Waals surface area contributed by atoms with Gasteiger partial charge in [-0.15, -0.1) is 10.2 Å². The predicted octanol–water partition coefficient (Wildman–Crippen LogP) is 3.66. The Morgan fingerprint density at radius 3 is 2.66 bits per heavy atom. The van der Waals surface area contributed by atoms with Crippen molar-refractivity contribution in [2.24, 2.45) is 0 Å². The zero-order valence-electron chi connectivity index (χ0n) is 17.5. The van der Waals surface area contributed by atoms with Gasteiger partial charge in [0.2, 0.25) is 5.01 Å². The first-order valence-corrected chi connectivity index (χ1v) is 10.8. The predicted molar refractivity (Wildman–Crippen MR) is 118 cm³/mol. The summed E-state index contributed by atoms with van der Waals surface area (Å²) < 4.78 is 24.1. The summed E-state index contributed by atoms with van der Waals surface area (Å²) in [6.45, 7) is 3.87. The number of ether oxygens (including phenoxy) is 2. The highest BCUT2D eigenvalue weighted by atomic mass is 32.1. The fourth-order valence-corrected chi connectivity index (χ4v) is 3.27. The van der Waals surface area contributed by atoms with Gasteiger partial charge in [0.25, 0.3) is 11.8 Å². The molecule has 0 fully saturated rings. The number of rotatable bonds is 11. The molecule has 8 nitrogen and oxygen atoms in total. The summed E-state index contributed by atoms with van der Waals surface area (Å²) in [4.78, 5) is 24.3. The van der Waals surface area contributed by atoms with Crippen LogP contribution in [0.3, 0.4) is 0 Å². The van der Waals surface area contributed by atoms with Crippen molar-refractivity contribution in [2.45, 2.75) is 20.0 Å². The molecule has 3 aromatic rings. The van der Waals surface area contributed by atoms with Crippen LogP contribution < -0.4 is 15.4 Å². The average Bonchev–Trinajstić information content (AvgIpc) is 3.27. The van der Waals surface area contributed by atoms with Gasteiger partial charge in [0.15, 0.2) is 5.01 Å². The van der Waals surface area contributed by atoms with Gasteiger partial charge < -0.3 is 20.1 Å². The van der Waals surface area contributed by atoms with Gasteiger partial charge in [-0.05, 0) is 55.8 Å². The smallest absolute Gasteiger partial charge is 0.286 e. The first-order chi connectivity index (χ1) is 15.5. The van der Waals surface area contributed by atoms with E-state index in [1.165, 1.54) is 18.2 Å². The van der Waals surface area contributed by atoms with Gasteiger partial charge >= 0.3 is 0 Å². The maximum Gasteiger partial charge on any atom is 0.286 e. The van der Waals surface area contributed by atoms with Crippen molar-refractivity contribution in [1.29, 1.82) is 0 Å². The molecule has 0 radical (unpaired) electrons. The molecule has 0 aliphatic carbocycles. The quantitative estimate of drug-likeness (QED) is 0.425. The highest BCUT2D eigenvalue weighted by Crippen LogP contribution is 2.18. The first-order valence-electron chi connectivity index (χ1n) is 10.0. The molecule has 32 heavy (non-hydrogen) atoms. The third-order valence-corrected chi connectivity index (χ3v) is 5.07. The number of carbonyl (C=O) groups excluding carboxylic acids is 2. The minimum atomic E-state index is -0.476. The zero-order chi connectivity index (χ0) is 22.8. The number of benzene rings is 2. The summed E-state index contributed by atoms with van der Waals surface area (Å²) in [5, 5.41) is 13.9. The number of amides is 2. The van der Waals surface area contributed by atoms with E-state index >= 15 is 0 Å². The van der Waals surface area contributed by atoms with Gasteiger partial charge in [-0.1, -0.05) is 17.4 Å². The van der Waals surface area contributed by atoms with Gasteiger partial charge in [0, 0.05) is 31.0 Å². The molecule has 0 aliphatic heterocycles. The van der Waals surface area contributed by atoms with Gasteiger partial charge in [0.1, 0.15) is 18.2 Å². The molecule has 2 N–H and O–H groups in total. The summed E-state index contributed by atoms with van der Waals surface area (Å²) in [5.74, 6) is -0.528. The molecule has 1 heterocycles. The largest absolute Gasteiger partial charge is 0.486 e. The second kappa shape index (κ2) is 11.9. The topological polar surface area (TPSA) is 102 Å². The lowest BCUT2D eigenvalue weighted by molar-refractivity contribution is 0.0943. The SMILES string of the molecule is CCOCCCNC(=O)c1ccc(OCc2nnc(C(=O)Nc3cccc(F)c3)s2)cc1. The lowest BCUT2D eigenvalue weighted by atomic mass is 10.2. The van der Waals surface area contributed by atoms with Gasteiger partial charge in [0.05, 0.1) is 0 Å². The second-order valence-corrected chi connectivity index (χ2v) is 7.65. The molecule has 0 aliphatic rings. The van der Waals surface area contributed by atoms with Crippen LogP contribution in [0.2, 0.25) is 0 Å². The number of halogens is 1. The molecule has 0 saturated heterocycles. The minimum Gasteiger partial charge on any atom is -0.486 e. The Bertz CT molecular complexity index is 1040. The number of carbonyl (C=O) groups is 2. The van der Waals surface area contributed by atoms with E-state index in [0.717, 1.165) is 17.8 Å². The highest BCUT2D eigenvalue weighted by Gasteiger charge is 2.14. The van der Waals surface area contributed by atoms with Crippen LogP contribution in [0.15, 0.2) is 48.5 Å². The molecule has 0 atom stereocenters. The first kappa shape index (κ1) is 23.3. The molecule has 2 aromatic carbocycles. The third-order valence-electron chi connectivity index (χ3n) is 4.18. The van der Waals surface area contributed by atoms with E-state index < -0.39 is 11.7 Å². The number of nitrogens with zero attached hydrogens (tertiary/aromatic N) is 2. The summed E-state index contributed by atoms with van der Waals surface area (Å²) in [5.41, 5.74) is 0.863. The van der Waals surface area contributed by atoms with Crippen LogP contribution in [0.25, 0.3) is 0 Å². The molecular weight excluding hydrogens is 435 g/mol. The number of aromatic nitrogens is 2. The lowest BCUT2D eigenvalue weighted by Crippen LogP contribution is -2.25.